The van der Waals surface area contributed by atoms with Crippen LogP contribution in [0.15, 0.2) is 17.3 Å². The maximum Gasteiger partial charge on any atom is 0.141 e. The minimum atomic E-state index is -0.904. The first-order chi connectivity index (χ1) is 13.8. The highest BCUT2D eigenvalue weighted by Crippen LogP contribution is 2.67. The minimum Gasteiger partial charge on any atom is -0.391 e. The van der Waals surface area contributed by atoms with Crippen LogP contribution in [-0.2, 0) is 9.63 Å². The molecular weight excluding hydrogens is 364 g/mol. The second-order valence-corrected chi connectivity index (χ2v) is 10.9. The summed E-state index contributed by atoms with van der Waals surface area (Å²) in [5.41, 5.74) is 0.706. The fraction of sp³-hybridized carbons (Fsp3) is 0.833. The molecule has 29 heavy (non-hydrogen) atoms. The van der Waals surface area contributed by atoms with Crippen molar-refractivity contribution < 1.29 is 14.7 Å². The molecule has 4 aliphatic carbocycles. The molecule has 5 rings (SSSR count). The molecule has 7 atom stereocenters. The van der Waals surface area contributed by atoms with Crippen LogP contribution in [0.3, 0.4) is 0 Å². The van der Waals surface area contributed by atoms with Gasteiger partial charge in [-0.3, -0.25) is 4.79 Å². The van der Waals surface area contributed by atoms with Crippen molar-refractivity contribution in [1.82, 2.24) is 5.32 Å². The summed E-state index contributed by atoms with van der Waals surface area (Å²) in [4.78, 5) is 18.4. The van der Waals surface area contributed by atoms with E-state index < -0.39 is 5.60 Å². The van der Waals surface area contributed by atoms with Crippen molar-refractivity contribution in [3.05, 3.63) is 12.2 Å². The molecule has 2 N–H and O–H groups in total. The number of nitrogens with one attached hydrogen (secondary N) is 1. The number of ketones is 1. The van der Waals surface area contributed by atoms with Gasteiger partial charge in [0.05, 0.1) is 11.3 Å². The Balaban J connectivity index is 1.40. The summed E-state index contributed by atoms with van der Waals surface area (Å²) in [7, 11) is 0. The van der Waals surface area contributed by atoms with E-state index in [1.165, 1.54) is 0 Å². The second-order valence-electron chi connectivity index (χ2n) is 10.9. The summed E-state index contributed by atoms with van der Waals surface area (Å²) in [6.45, 7) is 10.7. The summed E-state index contributed by atoms with van der Waals surface area (Å²) in [6.07, 6.45) is 8.14. The van der Waals surface area contributed by atoms with Crippen LogP contribution in [0.2, 0.25) is 0 Å². The summed E-state index contributed by atoms with van der Waals surface area (Å²) in [5.74, 6) is 1.87. The van der Waals surface area contributed by atoms with Gasteiger partial charge in [-0.15, -0.1) is 0 Å². The molecular formula is C24H36N2O3. The molecule has 1 heterocycles. The van der Waals surface area contributed by atoms with Gasteiger partial charge in [0.2, 0.25) is 0 Å². The molecule has 5 aliphatic rings. The number of rotatable bonds is 2. The van der Waals surface area contributed by atoms with Crippen molar-refractivity contribution in [2.75, 3.05) is 13.1 Å². The number of fused-ring (bicyclic) bond motifs is 5. The Morgan fingerprint density at radius 2 is 2.00 bits per heavy atom. The van der Waals surface area contributed by atoms with Gasteiger partial charge in [0.1, 0.15) is 11.9 Å². The van der Waals surface area contributed by atoms with E-state index in [9.17, 15) is 9.90 Å². The van der Waals surface area contributed by atoms with Crippen LogP contribution in [0.4, 0.5) is 0 Å². The van der Waals surface area contributed by atoms with E-state index in [1.54, 1.807) is 0 Å². The van der Waals surface area contributed by atoms with Gasteiger partial charge in [-0.05, 0) is 68.4 Å². The Labute approximate surface area is 174 Å². The first-order valence-corrected chi connectivity index (χ1v) is 11.6. The Kier molecular flexibility index (Phi) is 4.53. The van der Waals surface area contributed by atoms with Crippen molar-refractivity contribution in [3.8, 4) is 0 Å². The first-order valence-electron chi connectivity index (χ1n) is 11.6. The lowest BCUT2D eigenvalue weighted by Crippen LogP contribution is -2.63. The molecule has 0 bridgehead atoms. The fourth-order valence-electron chi connectivity index (χ4n) is 7.75. The Bertz CT molecular complexity index is 757. The number of carbonyl (C=O) groups is 1. The molecule has 160 valence electrons. The third kappa shape index (κ3) is 2.72. The van der Waals surface area contributed by atoms with Gasteiger partial charge in [-0.1, -0.05) is 25.6 Å². The van der Waals surface area contributed by atoms with Gasteiger partial charge in [0, 0.05) is 36.6 Å². The van der Waals surface area contributed by atoms with Crippen LogP contribution in [0.5, 0.6) is 0 Å². The maximum absolute atomic E-state index is 12.6. The SMILES string of the molecule is C=C1C[C@H]2[C@@H]3CCC(=O)[C@@]3(C)CC[C@@H]2[C@@]2(C)CCC(=NOC3CCNC3)C[C@]12O. The van der Waals surface area contributed by atoms with Crippen LogP contribution >= 0.6 is 0 Å². The third-order valence-corrected chi connectivity index (χ3v) is 9.72. The number of hydrogen-bond donors (Lipinski definition) is 2. The summed E-state index contributed by atoms with van der Waals surface area (Å²) in [5, 5.41) is 19.7. The maximum atomic E-state index is 12.6. The Hall–Kier alpha value is -1.20. The highest BCUT2D eigenvalue weighted by Gasteiger charge is 2.65. The summed E-state index contributed by atoms with van der Waals surface area (Å²) >= 11 is 0. The zero-order chi connectivity index (χ0) is 20.4. The van der Waals surface area contributed by atoms with Gasteiger partial charge in [0.15, 0.2) is 0 Å². The predicted octanol–water partition coefficient (Wildman–Crippen LogP) is 3.61. The van der Waals surface area contributed by atoms with Crippen molar-refractivity contribution in [3.63, 3.8) is 0 Å². The highest BCUT2D eigenvalue weighted by molar-refractivity contribution is 5.88. The topological polar surface area (TPSA) is 70.9 Å². The average Bonchev–Trinajstić information content (AvgIpc) is 3.31. The van der Waals surface area contributed by atoms with Crippen molar-refractivity contribution >= 4 is 11.5 Å². The van der Waals surface area contributed by atoms with Gasteiger partial charge < -0.3 is 15.3 Å². The summed E-state index contributed by atoms with van der Waals surface area (Å²) in [6, 6.07) is 0. The molecule has 1 unspecified atom stereocenters. The Morgan fingerprint density at radius 3 is 2.76 bits per heavy atom. The zero-order valence-corrected chi connectivity index (χ0v) is 18.0. The molecule has 0 aromatic rings. The quantitative estimate of drug-likeness (QED) is 0.549. The molecule has 1 saturated heterocycles. The van der Waals surface area contributed by atoms with Gasteiger partial charge in [-0.25, -0.2) is 0 Å². The van der Waals surface area contributed by atoms with Crippen molar-refractivity contribution in [2.45, 2.75) is 83.3 Å². The number of carbonyl (C=O) groups excluding carboxylic acids is 1. The van der Waals surface area contributed by atoms with E-state index in [2.05, 4.69) is 30.9 Å². The number of hydrogen-bond acceptors (Lipinski definition) is 5. The molecule has 1 aliphatic heterocycles. The van der Waals surface area contributed by atoms with E-state index in [0.717, 1.165) is 75.7 Å². The lowest BCUT2D eigenvalue weighted by molar-refractivity contribution is -0.161. The van der Waals surface area contributed by atoms with Crippen LogP contribution < -0.4 is 5.32 Å². The molecule has 5 nitrogen and oxygen atoms in total. The zero-order valence-electron chi connectivity index (χ0n) is 18.0. The normalized spacial score (nSPS) is 50.9. The van der Waals surface area contributed by atoms with E-state index in [-0.39, 0.29) is 16.9 Å². The largest absolute Gasteiger partial charge is 0.391 e. The molecule has 0 aromatic heterocycles. The van der Waals surface area contributed by atoms with Crippen LogP contribution in [0.25, 0.3) is 0 Å². The van der Waals surface area contributed by atoms with Gasteiger partial charge in [-0.2, -0.15) is 0 Å². The molecule has 0 aromatic carbocycles. The monoisotopic (exact) mass is 400 g/mol. The van der Waals surface area contributed by atoms with Gasteiger partial charge >= 0.3 is 0 Å². The number of nitrogens with zero attached hydrogens (tertiary/aromatic N) is 1. The Morgan fingerprint density at radius 1 is 1.17 bits per heavy atom. The molecule has 5 fully saturated rings. The van der Waals surface area contributed by atoms with Crippen molar-refractivity contribution in [1.29, 1.82) is 0 Å². The number of oxime groups is 1. The van der Waals surface area contributed by atoms with Gasteiger partial charge in [0.25, 0.3) is 0 Å². The smallest absolute Gasteiger partial charge is 0.141 e. The fourth-order valence-corrected chi connectivity index (χ4v) is 7.75. The number of aliphatic hydroxyl groups is 1. The first kappa shape index (κ1) is 19.7. The predicted molar refractivity (Wildman–Crippen MR) is 113 cm³/mol. The van der Waals surface area contributed by atoms with E-state index in [1.807, 2.05) is 0 Å². The summed E-state index contributed by atoms with van der Waals surface area (Å²) < 4.78 is 0. The van der Waals surface area contributed by atoms with E-state index >= 15 is 0 Å². The molecule has 0 spiro atoms. The van der Waals surface area contributed by atoms with Crippen molar-refractivity contribution in [2.24, 2.45) is 33.7 Å². The lowest BCUT2D eigenvalue weighted by atomic mass is 9.43. The second kappa shape index (κ2) is 6.65. The molecule has 0 amide bonds. The minimum absolute atomic E-state index is 0.141. The van der Waals surface area contributed by atoms with Crippen LogP contribution in [0.1, 0.15) is 71.6 Å². The van der Waals surface area contributed by atoms with E-state index in [0.29, 0.717) is 30.0 Å². The average molecular weight is 401 g/mol. The highest BCUT2D eigenvalue weighted by atomic mass is 16.6. The number of Topliss-reactive ketones (excluding diaryl/α,β-unsaturated/α-hetero) is 1. The van der Waals surface area contributed by atoms with E-state index in [4.69, 9.17) is 4.84 Å². The molecule has 0 radical (unpaired) electrons. The standard InChI is InChI=1S/C24H36N2O3/c1-15-12-18-19-4-5-21(27)22(19,2)9-7-20(18)23(3)10-6-16(13-24(15,23)28)26-29-17-8-11-25-14-17/h17-20,25,28H,1,4-14H2,2-3H3/t17?,18-,19-,20-,22-,23+,24-/m0/s1. The lowest BCUT2D eigenvalue weighted by Gasteiger charge is -2.63. The molecule has 4 saturated carbocycles. The van der Waals surface area contributed by atoms with Crippen LogP contribution in [-0.4, -0.2) is 41.4 Å². The molecule has 5 heteroatoms. The third-order valence-electron chi connectivity index (χ3n) is 9.72. The van der Waals surface area contributed by atoms with Crippen LogP contribution in [0, 0.1) is 28.6 Å².